The molecule has 0 bridgehead atoms. The molecule has 0 radical (unpaired) electrons. The monoisotopic (exact) mass is 241 g/mol. The van der Waals surface area contributed by atoms with Crippen LogP contribution in [0.25, 0.3) is 10.9 Å². The molecule has 3 nitrogen and oxygen atoms in total. The Bertz CT molecular complexity index is 643. The summed E-state index contributed by atoms with van der Waals surface area (Å²) in [7, 11) is 0. The highest BCUT2D eigenvalue weighted by molar-refractivity contribution is 5.86. The second-order valence-corrected chi connectivity index (χ2v) is 5.46. The summed E-state index contributed by atoms with van der Waals surface area (Å²) in [4.78, 5) is 15.2. The summed E-state index contributed by atoms with van der Waals surface area (Å²) in [5, 5.41) is 1.30. The van der Waals surface area contributed by atoms with Crippen molar-refractivity contribution in [2.75, 3.05) is 6.61 Å². The van der Waals surface area contributed by atoms with Crippen LogP contribution in [-0.2, 0) is 16.0 Å². The van der Waals surface area contributed by atoms with Crippen molar-refractivity contribution in [3.63, 3.8) is 0 Å². The number of aromatic nitrogens is 1. The van der Waals surface area contributed by atoms with Crippen LogP contribution in [0.5, 0.6) is 0 Å². The molecule has 0 amide bonds. The van der Waals surface area contributed by atoms with Gasteiger partial charge in [-0.15, -0.1) is 0 Å². The molecule has 1 aliphatic heterocycles. The molecule has 1 saturated heterocycles. The average Bonchev–Trinajstić information content (AvgIpc) is 2.92. The summed E-state index contributed by atoms with van der Waals surface area (Å²) in [6.45, 7) is 2.81. The number of para-hydroxylation sites is 1. The summed E-state index contributed by atoms with van der Waals surface area (Å²) in [6.07, 6.45) is 0.803. The van der Waals surface area contributed by atoms with Gasteiger partial charge in [-0.25, -0.2) is 0 Å². The molecule has 1 aliphatic carbocycles. The smallest absolute Gasteiger partial charge is 0.309 e. The summed E-state index contributed by atoms with van der Waals surface area (Å²) in [5.41, 5.74) is 3.80. The Kier molecular flexibility index (Phi) is 1.91. The molecule has 0 spiro atoms. The predicted molar refractivity (Wildman–Crippen MR) is 68.4 cm³/mol. The van der Waals surface area contributed by atoms with E-state index >= 15 is 0 Å². The topological polar surface area (TPSA) is 42.1 Å². The molecular formula is C15H15NO2. The minimum atomic E-state index is -0.0174. The quantitative estimate of drug-likeness (QED) is 0.720. The van der Waals surface area contributed by atoms with E-state index in [1.54, 1.807) is 0 Å². The number of hydrogen-bond donors (Lipinski definition) is 1. The van der Waals surface area contributed by atoms with Gasteiger partial charge in [0, 0.05) is 28.9 Å². The van der Waals surface area contributed by atoms with Gasteiger partial charge in [-0.3, -0.25) is 4.79 Å². The minimum absolute atomic E-state index is 0.0174. The second kappa shape index (κ2) is 3.37. The lowest BCUT2D eigenvalue weighted by Gasteiger charge is -2.28. The lowest BCUT2D eigenvalue weighted by atomic mass is 9.73. The lowest BCUT2D eigenvalue weighted by molar-refractivity contribution is -0.141. The minimum Gasteiger partial charge on any atom is -0.465 e. The van der Waals surface area contributed by atoms with Crippen molar-refractivity contribution < 1.29 is 9.53 Å². The van der Waals surface area contributed by atoms with E-state index in [9.17, 15) is 4.79 Å². The van der Waals surface area contributed by atoms with E-state index in [-0.39, 0.29) is 11.9 Å². The van der Waals surface area contributed by atoms with Crippen LogP contribution in [-0.4, -0.2) is 17.6 Å². The Morgan fingerprint density at radius 2 is 2.17 bits per heavy atom. The third kappa shape index (κ3) is 1.17. The fourth-order valence-electron chi connectivity index (χ4n) is 3.64. The highest BCUT2D eigenvalue weighted by Crippen LogP contribution is 2.45. The zero-order valence-electron chi connectivity index (χ0n) is 10.3. The van der Waals surface area contributed by atoms with Crippen LogP contribution in [0.1, 0.15) is 24.1 Å². The fourth-order valence-corrected chi connectivity index (χ4v) is 3.64. The van der Waals surface area contributed by atoms with Crippen LogP contribution in [0.3, 0.4) is 0 Å². The van der Waals surface area contributed by atoms with E-state index in [1.165, 1.54) is 22.2 Å². The number of cyclic esters (lactones) is 1. The zero-order chi connectivity index (χ0) is 12.3. The van der Waals surface area contributed by atoms with Crippen molar-refractivity contribution in [1.29, 1.82) is 0 Å². The number of benzene rings is 1. The van der Waals surface area contributed by atoms with E-state index in [0.717, 1.165) is 6.42 Å². The lowest BCUT2D eigenvalue weighted by Crippen LogP contribution is -2.28. The van der Waals surface area contributed by atoms with Gasteiger partial charge in [0.2, 0.25) is 0 Å². The first kappa shape index (κ1) is 10.2. The number of ether oxygens (including phenoxy) is 1. The number of hydrogen-bond acceptors (Lipinski definition) is 2. The van der Waals surface area contributed by atoms with Crippen LogP contribution < -0.4 is 0 Å². The molecule has 1 N–H and O–H groups in total. The summed E-state index contributed by atoms with van der Waals surface area (Å²) < 4.78 is 5.23. The van der Waals surface area contributed by atoms with Crippen LogP contribution in [0.4, 0.5) is 0 Å². The maximum absolute atomic E-state index is 11.7. The fraction of sp³-hybridized carbons (Fsp3) is 0.400. The van der Waals surface area contributed by atoms with Gasteiger partial charge in [0.1, 0.15) is 0 Å². The first-order valence-electron chi connectivity index (χ1n) is 6.52. The number of nitrogens with one attached hydrogen (secondary N) is 1. The summed E-state index contributed by atoms with van der Waals surface area (Å²) >= 11 is 0. The number of esters is 1. The number of carbonyl (C=O) groups is 1. The SMILES string of the molecule is CC1c2c([nH]c3ccccc23)CC2C(=O)OCC21. The zero-order valence-corrected chi connectivity index (χ0v) is 10.3. The molecule has 1 aromatic heterocycles. The average molecular weight is 241 g/mol. The van der Waals surface area contributed by atoms with Gasteiger partial charge in [-0.05, 0) is 17.5 Å². The number of fused-ring (bicyclic) bond motifs is 4. The van der Waals surface area contributed by atoms with E-state index in [2.05, 4.69) is 30.1 Å². The van der Waals surface area contributed by atoms with Crippen molar-refractivity contribution in [3.05, 3.63) is 35.5 Å². The van der Waals surface area contributed by atoms with Crippen molar-refractivity contribution in [2.45, 2.75) is 19.3 Å². The number of rotatable bonds is 0. The molecule has 2 aliphatic rings. The molecule has 1 aromatic carbocycles. The van der Waals surface area contributed by atoms with Gasteiger partial charge in [-0.2, -0.15) is 0 Å². The predicted octanol–water partition coefficient (Wildman–Crippen LogP) is 2.62. The van der Waals surface area contributed by atoms with E-state index < -0.39 is 0 Å². The Morgan fingerprint density at radius 1 is 1.33 bits per heavy atom. The van der Waals surface area contributed by atoms with Crippen LogP contribution >= 0.6 is 0 Å². The maximum atomic E-state index is 11.7. The molecule has 1 fully saturated rings. The normalized spacial score (nSPS) is 30.1. The number of aromatic amines is 1. The molecule has 2 heterocycles. The second-order valence-electron chi connectivity index (χ2n) is 5.46. The molecular weight excluding hydrogens is 226 g/mol. The number of H-pyrrole nitrogens is 1. The van der Waals surface area contributed by atoms with Crippen LogP contribution in [0.15, 0.2) is 24.3 Å². The van der Waals surface area contributed by atoms with Gasteiger partial charge in [0.15, 0.2) is 0 Å². The molecule has 3 unspecified atom stereocenters. The van der Waals surface area contributed by atoms with Gasteiger partial charge in [0.05, 0.1) is 12.5 Å². The molecule has 18 heavy (non-hydrogen) atoms. The standard InChI is InChI=1S/C15H15NO2/c1-8-11-7-18-15(17)10(11)6-13-14(8)9-4-2-3-5-12(9)16-13/h2-5,8,10-11,16H,6-7H2,1H3. The summed E-state index contributed by atoms with van der Waals surface area (Å²) in [6, 6.07) is 8.39. The molecule has 0 saturated carbocycles. The maximum Gasteiger partial charge on any atom is 0.309 e. The third-order valence-electron chi connectivity index (χ3n) is 4.59. The Labute approximate surface area is 105 Å². The van der Waals surface area contributed by atoms with Gasteiger partial charge in [0.25, 0.3) is 0 Å². The van der Waals surface area contributed by atoms with E-state index in [4.69, 9.17) is 4.74 Å². The van der Waals surface area contributed by atoms with Crippen molar-refractivity contribution in [2.24, 2.45) is 11.8 Å². The highest BCUT2D eigenvalue weighted by atomic mass is 16.5. The Morgan fingerprint density at radius 3 is 3.06 bits per heavy atom. The molecule has 2 aromatic rings. The van der Waals surface area contributed by atoms with Crippen LogP contribution in [0, 0.1) is 11.8 Å². The first-order valence-corrected chi connectivity index (χ1v) is 6.52. The van der Waals surface area contributed by atoms with Gasteiger partial charge in [-0.1, -0.05) is 25.1 Å². The third-order valence-corrected chi connectivity index (χ3v) is 4.59. The van der Waals surface area contributed by atoms with E-state index in [1.807, 2.05) is 6.07 Å². The summed E-state index contributed by atoms with van der Waals surface area (Å²) in [5.74, 6) is 0.780. The van der Waals surface area contributed by atoms with Crippen LogP contribution in [0.2, 0.25) is 0 Å². The van der Waals surface area contributed by atoms with Crippen molar-refractivity contribution in [1.82, 2.24) is 4.98 Å². The first-order chi connectivity index (χ1) is 8.75. The molecule has 3 atom stereocenters. The van der Waals surface area contributed by atoms with Crippen molar-refractivity contribution in [3.8, 4) is 0 Å². The molecule has 92 valence electrons. The molecule has 4 rings (SSSR count). The highest BCUT2D eigenvalue weighted by Gasteiger charge is 2.45. The van der Waals surface area contributed by atoms with Crippen molar-refractivity contribution >= 4 is 16.9 Å². The Hall–Kier alpha value is -1.77. The Balaban J connectivity index is 1.93. The van der Waals surface area contributed by atoms with Gasteiger partial charge >= 0.3 is 5.97 Å². The van der Waals surface area contributed by atoms with Gasteiger partial charge < -0.3 is 9.72 Å². The number of carbonyl (C=O) groups excluding carboxylic acids is 1. The molecule has 3 heteroatoms. The van der Waals surface area contributed by atoms with E-state index in [0.29, 0.717) is 18.4 Å². The largest absolute Gasteiger partial charge is 0.465 e.